The molecule has 5 heterocycles. The minimum Gasteiger partial charge on any atom is -0.458 e. The van der Waals surface area contributed by atoms with Crippen molar-refractivity contribution in [3.63, 3.8) is 0 Å². The van der Waals surface area contributed by atoms with E-state index in [-0.39, 0.29) is 31.0 Å². The van der Waals surface area contributed by atoms with Crippen LogP contribution >= 0.6 is 0 Å². The maximum atomic E-state index is 14.8. The van der Waals surface area contributed by atoms with Gasteiger partial charge in [-0.3, -0.25) is 14.4 Å². The van der Waals surface area contributed by atoms with Crippen LogP contribution in [0.1, 0.15) is 52.9 Å². The van der Waals surface area contributed by atoms with Crippen LogP contribution in [-0.2, 0) is 38.1 Å². The number of hydrogen-bond acceptors (Lipinski definition) is 9. The lowest BCUT2D eigenvalue weighted by molar-refractivity contribution is -0.373. The molecule has 37 heavy (non-hydrogen) atoms. The largest absolute Gasteiger partial charge is 0.458 e. The Hall–Kier alpha value is -2.36. The average molecular weight is 511 g/mol. The highest BCUT2D eigenvalue weighted by molar-refractivity contribution is 5.99. The van der Waals surface area contributed by atoms with E-state index in [0.717, 1.165) is 5.57 Å². The fourth-order valence-corrected chi connectivity index (χ4v) is 9.98. The number of Topliss-reactive ketones (excluding diaryl/α,β-unsaturated/α-hetero) is 2. The molecule has 196 valence electrons. The molecule has 3 aliphatic carbocycles. The topological polar surface area (TPSA) is 125 Å². The van der Waals surface area contributed by atoms with E-state index in [0.29, 0.717) is 19.3 Å². The van der Waals surface area contributed by atoms with Gasteiger partial charge in [-0.1, -0.05) is 25.2 Å². The van der Waals surface area contributed by atoms with E-state index in [1.165, 1.54) is 0 Å². The van der Waals surface area contributed by atoms with Crippen LogP contribution in [-0.4, -0.2) is 63.9 Å². The first-order chi connectivity index (χ1) is 17.4. The zero-order valence-corrected chi connectivity index (χ0v) is 21.1. The van der Waals surface area contributed by atoms with E-state index in [4.69, 9.17) is 18.9 Å². The fourth-order valence-electron chi connectivity index (χ4n) is 9.98. The minimum absolute atomic E-state index is 0.0254. The molecule has 8 aliphatic rings. The summed E-state index contributed by atoms with van der Waals surface area (Å²) in [5.74, 6) is -6.26. The third-order valence-electron chi connectivity index (χ3n) is 11.9. The molecule has 9 nitrogen and oxygen atoms in total. The third kappa shape index (κ3) is 1.97. The zero-order chi connectivity index (χ0) is 26.0. The molecule has 0 aromatic carbocycles. The highest BCUT2D eigenvalue weighted by Gasteiger charge is 2.93. The SMILES string of the molecule is C[C@]12C(=O)CC=CC1=CC[C@@H]1[C@@H]2CC[C@@]2(O)C(=O)O[C@@]3(C)[C@H]4C[C@]5(C)[C@@H](CO[C@@]16O[C@]23[C@H]5C6=O)C(=O)O4. The van der Waals surface area contributed by atoms with Crippen LogP contribution in [0.4, 0.5) is 0 Å². The molecule has 0 aromatic heterocycles. The van der Waals surface area contributed by atoms with Crippen molar-refractivity contribution in [2.24, 2.45) is 34.5 Å². The van der Waals surface area contributed by atoms with Crippen molar-refractivity contribution >= 4 is 23.5 Å². The van der Waals surface area contributed by atoms with Gasteiger partial charge in [-0.15, -0.1) is 0 Å². The Morgan fingerprint density at radius 1 is 1.08 bits per heavy atom. The lowest BCUT2D eigenvalue weighted by Gasteiger charge is -2.63. The number of carbonyl (C=O) groups excluding carboxylic acids is 4. The minimum atomic E-state index is -2.17. The first kappa shape index (κ1) is 22.6. The van der Waals surface area contributed by atoms with Gasteiger partial charge in [-0.2, -0.15) is 0 Å². The number of hydrogen-bond donors (Lipinski definition) is 1. The Morgan fingerprint density at radius 2 is 1.86 bits per heavy atom. The second kappa shape index (κ2) is 6.10. The Balaban J connectivity index is 1.44. The van der Waals surface area contributed by atoms with Crippen LogP contribution < -0.4 is 0 Å². The number of aliphatic hydroxyl groups is 1. The van der Waals surface area contributed by atoms with Crippen molar-refractivity contribution < 1.29 is 43.2 Å². The lowest BCUT2D eigenvalue weighted by atomic mass is 9.46. The molecule has 0 aromatic rings. The van der Waals surface area contributed by atoms with Crippen molar-refractivity contribution in [2.45, 2.75) is 81.6 Å². The van der Waals surface area contributed by atoms with Crippen molar-refractivity contribution in [3.8, 4) is 0 Å². The van der Waals surface area contributed by atoms with Crippen LogP contribution in [0.5, 0.6) is 0 Å². The van der Waals surface area contributed by atoms with Crippen molar-refractivity contribution in [1.29, 1.82) is 0 Å². The summed E-state index contributed by atoms with van der Waals surface area (Å²) >= 11 is 0. The Kier molecular flexibility index (Phi) is 3.73. The van der Waals surface area contributed by atoms with Crippen LogP contribution in [0.25, 0.3) is 0 Å². The third-order valence-corrected chi connectivity index (χ3v) is 11.9. The molecule has 11 atom stereocenters. The maximum Gasteiger partial charge on any atom is 0.342 e. The summed E-state index contributed by atoms with van der Waals surface area (Å²) in [5, 5.41) is 12.4. The van der Waals surface area contributed by atoms with Gasteiger partial charge < -0.3 is 24.1 Å². The molecule has 5 aliphatic heterocycles. The van der Waals surface area contributed by atoms with Crippen molar-refractivity contribution in [3.05, 3.63) is 23.8 Å². The molecule has 0 radical (unpaired) electrons. The standard InChI is InChI=1S/C28H30O9/c1-23-11-18-25(3)28-19(23)20(30)27(37-28,34-12-16(23)21(31)35-18)15-8-7-13-5-4-6-17(29)24(13,2)14(15)9-10-26(28,33)22(32)36-25/h4-5,7,14-16,18-19,33H,6,8-12H2,1-3H3/t14-,15+,16-,18+,19-,23+,24-,25-,26+,27+,28-/m0/s1. The summed E-state index contributed by atoms with van der Waals surface area (Å²) in [6.45, 7) is 5.29. The smallest absolute Gasteiger partial charge is 0.342 e. The van der Waals surface area contributed by atoms with Gasteiger partial charge in [0.25, 0.3) is 0 Å². The number of esters is 2. The number of carbonyl (C=O) groups is 4. The first-order valence-corrected chi connectivity index (χ1v) is 13.4. The van der Waals surface area contributed by atoms with Gasteiger partial charge in [0.05, 0.1) is 23.9 Å². The van der Waals surface area contributed by atoms with E-state index < -0.39 is 75.1 Å². The zero-order valence-electron chi connectivity index (χ0n) is 21.1. The average Bonchev–Trinajstić information content (AvgIpc) is 3.16. The van der Waals surface area contributed by atoms with Gasteiger partial charge in [0.15, 0.2) is 22.6 Å². The van der Waals surface area contributed by atoms with Crippen LogP contribution in [0.15, 0.2) is 23.8 Å². The molecule has 2 spiro atoms. The Morgan fingerprint density at radius 3 is 2.65 bits per heavy atom. The summed E-state index contributed by atoms with van der Waals surface area (Å²) in [6, 6.07) is 0. The fraction of sp³-hybridized carbons (Fsp3) is 0.714. The Labute approximate surface area is 213 Å². The normalized spacial score (nSPS) is 58.5. The van der Waals surface area contributed by atoms with E-state index >= 15 is 0 Å². The van der Waals surface area contributed by atoms with Crippen LogP contribution in [0, 0.1) is 34.5 Å². The molecule has 0 unspecified atom stereocenters. The number of ether oxygens (including phenoxy) is 4. The molecule has 8 rings (SSSR count). The Bertz CT molecular complexity index is 1300. The predicted octanol–water partition coefficient (Wildman–Crippen LogP) is 1.56. The van der Waals surface area contributed by atoms with E-state index in [1.54, 1.807) is 6.92 Å². The molecule has 1 saturated carbocycles. The molecule has 9 heteroatoms. The van der Waals surface area contributed by atoms with Gasteiger partial charge in [-0.05, 0) is 56.4 Å². The highest BCUT2D eigenvalue weighted by atomic mass is 16.8. The molecule has 6 fully saturated rings. The van der Waals surface area contributed by atoms with Gasteiger partial charge in [-0.25, -0.2) is 4.79 Å². The first-order valence-electron chi connectivity index (χ1n) is 13.4. The second-order valence-electron chi connectivity index (χ2n) is 13.0. The number of allylic oxidation sites excluding steroid dienone is 4. The molecular formula is C28H30O9. The van der Waals surface area contributed by atoms with Gasteiger partial charge in [0, 0.05) is 12.3 Å². The summed E-state index contributed by atoms with van der Waals surface area (Å²) in [5.41, 5.74) is -6.52. The van der Waals surface area contributed by atoms with Crippen LogP contribution in [0.3, 0.4) is 0 Å². The van der Waals surface area contributed by atoms with Crippen LogP contribution in [0.2, 0.25) is 0 Å². The monoisotopic (exact) mass is 510 g/mol. The van der Waals surface area contributed by atoms with E-state index in [2.05, 4.69) is 0 Å². The second-order valence-corrected chi connectivity index (χ2v) is 13.0. The van der Waals surface area contributed by atoms with Crippen molar-refractivity contribution in [1.82, 2.24) is 0 Å². The lowest BCUT2D eigenvalue weighted by Crippen LogP contribution is -2.79. The summed E-state index contributed by atoms with van der Waals surface area (Å²) in [6.07, 6.45) is 6.20. The summed E-state index contributed by atoms with van der Waals surface area (Å²) in [7, 11) is 0. The van der Waals surface area contributed by atoms with E-state index in [1.807, 2.05) is 32.1 Å². The molecule has 0 amide bonds. The van der Waals surface area contributed by atoms with Crippen molar-refractivity contribution in [2.75, 3.05) is 6.61 Å². The highest BCUT2D eigenvalue weighted by Crippen LogP contribution is 2.75. The molecular weight excluding hydrogens is 480 g/mol. The van der Waals surface area contributed by atoms with Gasteiger partial charge >= 0.3 is 11.9 Å². The molecule has 5 saturated heterocycles. The van der Waals surface area contributed by atoms with E-state index in [9.17, 15) is 24.3 Å². The number of rotatable bonds is 0. The molecule has 5 bridgehead atoms. The maximum absolute atomic E-state index is 14.8. The summed E-state index contributed by atoms with van der Waals surface area (Å²) < 4.78 is 25.1. The summed E-state index contributed by atoms with van der Waals surface area (Å²) in [4.78, 5) is 55.3. The number of fused-ring (bicyclic) bond motifs is 5. The predicted molar refractivity (Wildman–Crippen MR) is 122 cm³/mol. The quantitative estimate of drug-likeness (QED) is 0.483. The van der Waals surface area contributed by atoms with Gasteiger partial charge in [0.1, 0.15) is 11.9 Å². The number of ketones is 2. The molecule has 1 N–H and O–H groups in total. The van der Waals surface area contributed by atoms with Gasteiger partial charge in [0.2, 0.25) is 5.79 Å².